The Labute approximate surface area is 200 Å². The van der Waals surface area contributed by atoms with Crippen molar-refractivity contribution in [2.75, 3.05) is 29.9 Å². The summed E-state index contributed by atoms with van der Waals surface area (Å²) in [5.41, 5.74) is 1.11. The van der Waals surface area contributed by atoms with Gasteiger partial charge in [-0.15, -0.1) is 0 Å². The molecule has 1 heterocycles. The molecule has 0 unspecified atom stereocenters. The van der Waals surface area contributed by atoms with Crippen LogP contribution in [0.2, 0.25) is 0 Å². The van der Waals surface area contributed by atoms with Gasteiger partial charge in [-0.05, 0) is 36.4 Å². The number of hydrogen-bond donors (Lipinski definition) is 1. The Bertz CT molecular complexity index is 1300. The van der Waals surface area contributed by atoms with Crippen LogP contribution in [0.25, 0.3) is 0 Å². The Morgan fingerprint density at radius 1 is 0.800 bits per heavy atom. The highest BCUT2D eigenvalue weighted by atomic mass is 16.4. The minimum atomic E-state index is -1.32. The van der Waals surface area contributed by atoms with Gasteiger partial charge in [-0.3, -0.25) is 33.8 Å². The van der Waals surface area contributed by atoms with Crippen molar-refractivity contribution < 1.29 is 29.1 Å². The molecule has 4 rings (SSSR count). The summed E-state index contributed by atoms with van der Waals surface area (Å²) in [4.78, 5) is 66.7. The van der Waals surface area contributed by atoms with Gasteiger partial charge >= 0.3 is 5.97 Å². The number of benzene rings is 3. The topological polar surface area (TPSA) is 115 Å². The number of carboxylic acid groups (broad SMARTS) is 1. The van der Waals surface area contributed by atoms with Crippen LogP contribution in [0.5, 0.6) is 0 Å². The van der Waals surface area contributed by atoms with Crippen molar-refractivity contribution in [2.45, 2.75) is 0 Å². The highest BCUT2D eigenvalue weighted by molar-refractivity contribution is 6.23. The number of para-hydroxylation sites is 2. The van der Waals surface area contributed by atoms with E-state index in [9.17, 15) is 29.1 Å². The van der Waals surface area contributed by atoms with Crippen LogP contribution in [-0.2, 0) is 9.59 Å². The maximum atomic E-state index is 13.3. The minimum absolute atomic E-state index is 0.0595. The molecule has 0 atom stereocenters. The lowest BCUT2D eigenvalue weighted by Crippen LogP contribution is -2.45. The first-order chi connectivity index (χ1) is 16.8. The summed E-state index contributed by atoms with van der Waals surface area (Å²) in [5, 5.41) is 9.48. The monoisotopic (exact) mass is 471 g/mol. The molecule has 3 aromatic carbocycles. The second-order valence-electron chi connectivity index (χ2n) is 7.83. The molecule has 0 fully saturated rings. The second-order valence-corrected chi connectivity index (χ2v) is 7.83. The number of nitrogens with zero attached hydrogens (tertiary/aromatic N) is 3. The molecule has 1 aliphatic rings. The van der Waals surface area contributed by atoms with Gasteiger partial charge in [-0.2, -0.15) is 0 Å². The van der Waals surface area contributed by atoms with Crippen molar-refractivity contribution in [3.8, 4) is 0 Å². The largest absolute Gasteiger partial charge is 0.480 e. The average Bonchev–Trinajstić information content (AvgIpc) is 3.11. The van der Waals surface area contributed by atoms with E-state index in [0.29, 0.717) is 5.69 Å². The fraction of sp³-hybridized carbons (Fsp3) is 0.115. The molecular weight excluding hydrogens is 450 g/mol. The summed E-state index contributed by atoms with van der Waals surface area (Å²) >= 11 is 0. The summed E-state index contributed by atoms with van der Waals surface area (Å²) < 4.78 is 0. The van der Waals surface area contributed by atoms with Gasteiger partial charge in [0.2, 0.25) is 5.91 Å². The quantitative estimate of drug-likeness (QED) is 0.530. The fourth-order valence-electron chi connectivity index (χ4n) is 3.89. The van der Waals surface area contributed by atoms with Crippen molar-refractivity contribution in [2.24, 2.45) is 0 Å². The van der Waals surface area contributed by atoms with E-state index in [4.69, 9.17) is 0 Å². The van der Waals surface area contributed by atoms with Gasteiger partial charge in [-0.1, -0.05) is 42.5 Å². The van der Waals surface area contributed by atoms with Gasteiger partial charge in [0.15, 0.2) is 0 Å². The van der Waals surface area contributed by atoms with E-state index >= 15 is 0 Å². The van der Waals surface area contributed by atoms with Crippen molar-refractivity contribution in [3.63, 3.8) is 0 Å². The minimum Gasteiger partial charge on any atom is -0.480 e. The molecule has 0 aromatic heterocycles. The standard InChI is InChI=1S/C26H21N3O6/c1-27(17-9-3-2-4-10-17)24(33)20-13-7-8-14-21(20)28(16-23(31)32)22(30)15-29-25(34)18-11-5-6-12-19(18)26(29)35/h2-14H,15-16H2,1H3,(H,31,32). The van der Waals surface area contributed by atoms with Crippen LogP contribution in [0.4, 0.5) is 11.4 Å². The van der Waals surface area contributed by atoms with E-state index < -0.39 is 42.7 Å². The molecule has 9 nitrogen and oxygen atoms in total. The molecule has 0 saturated carbocycles. The number of carboxylic acids is 1. The molecule has 35 heavy (non-hydrogen) atoms. The maximum Gasteiger partial charge on any atom is 0.323 e. The smallest absolute Gasteiger partial charge is 0.323 e. The van der Waals surface area contributed by atoms with Gasteiger partial charge in [0, 0.05) is 12.7 Å². The van der Waals surface area contributed by atoms with Crippen LogP contribution in [0, 0.1) is 0 Å². The van der Waals surface area contributed by atoms with E-state index in [-0.39, 0.29) is 22.4 Å². The Morgan fingerprint density at radius 3 is 1.94 bits per heavy atom. The Kier molecular flexibility index (Phi) is 6.41. The highest BCUT2D eigenvalue weighted by Crippen LogP contribution is 2.26. The zero-order valence-corrected chi connectivity index (χ0v) is 18.7. The summed E-state index contributed by atoms with van der Waals surface area (Å²) in [7, 11) is 1.57. The molecule has 1 N–H and O–H groups in total. The normalized spacial score (nSPS) is 12.3. The zero-order chi connectivity index (χ0) is 25.1. The molecule has 0 radical (unpaired) electrons. The van der Waals surface area contributed by atoms with Crippen LogP contribution >= 0.6 is 0 Å². The van der Waals surface area contributed by atoms with E-state index in [1.807, 2.05) is 6.07 Å². The van der Waals surface area contributed by atoms with Gasteiger partial charge in [0.1, 0.15) is 13.1 Å². The predicted molar refractivity (Wildman–Crippen MR) is 127 cm³/mol. The van der Waals surface area contributed by atoms with Crippen molar-refractivity contribution in [1.82, 2.24) is 4.90 Å². The molecule has 0 aliphatic carbocycles. The zero-order valence-electron chi connectivity index (χ0n) is 18.7. The number of fused-ring (bicyclic) bond motifs is 1. The van der Waals surface area contributed by atoms with Crippen molar-refractivity contribution in [1.29, 1.82) is 0 Å². The first kappa shape index (κ1) is 23.4. The van der Waals surface area contributed by atoms with Gasteiger partial charge in [0.25, 0.3) is 17.7 Å². The molecule has 0 saturated heterocycles. The summed E-state index contributed by atoms with van der Waals surface area (Å²) in [6, 6.07) is 21.1. The van der Waals surface area contributed by atoms with Gasteiger partial charge < -0.3 is 10.0 Å². The predicted octanol–water partition coefficient (Wildman–Crippen LogP) is 2.68. The Balaban J connectivity index is 1.65. The van der Waals surface area contributed by atoms with Crippen molar-refractivity contribution in [3.05, 3.63) is 95.6 Å². The summed E-state index contributed by atoms with van der Waals surface area (Å²) in [5.74, 6) is -3.87. The molecule has 0 spiro atoms. The van der Waals surface area contributed by atoms with E-state index in [1.165, 1.54) is 29.2 Å². The number of hydrogen-bond acceptors (Lipinski definition) is 5. The summed E-state index contributed by atoms with van der Waals surface area (Å²) in [6.45, 7) is -1.43. The Morgan fingerprint density at radius 2 is 1.34 bits per heavy atom. The number of carbonyl (C=O) groups is 5. The Hall–Kier alpha value is -4.79. The summed E-state index contributed by atoms with van der Waals surface area (Å²) in [6.07, 6.45) is 0. The number of rotatable bonds is 7. The third-order valence-corrected chi connectivity index (χ3v) is 5.64. The van der Waals surface area contributed by atoms with Gasteiger partial charge in [-0.25, -0.2) is 0 Å². The molecule has 176 valence electrons. The second kappa shape index (κ2) is 9.60. The lowest BCUT2D eigenvalue weighted by molar-refractivity contribution is -0.136. The van der Waals surface area contributed by atoms with E-state index in [2.05, 4.69) is 0 Å². The SMILES string of the molecule is CN(C(=O)c1ccccc1N(CC(=O)O)C(=O)CN1C(=O)c2ccccc2C1=O)c1ccccc1. The average molecular weight is 471 g/mol. The van der Waals surface area contributed by atoms with Gasteiger partial charge in [0.05, 0.1) is 22.4 Å². The van der Waals surface area contributed by atoms with Crippen molar-refractivity contribution >= 4 is 41.0 Å². The third-order valence-electron chi connectivity index (χ3n) is 5.64. The highest BCUT2D eigenvalue weighted by Gasteiger charge is 2.38. The van der Waals surface area contributed by atoms with Crippen LogP contribution in [0.15, 0.2) is 78.9 Å². The van der Waals surface area contributed by atoms with E-state index in [1.54, 1.807) is 55.6 Å². The molecule has 3 aromatic rings. The number of carbonyl (C=O) groups excluding carboxylic acids is 4. The van der Waals surface area contributed by atoms with Crippen LogP contribution in [-0.4, -0.2) is 59.7 Å². The number of aliphatic carboxylic acids is 1. The molecule has 4 amide bonds. The van der Waals surface area contributed by atoms with Crippen LogP contribution in [0.3, 0.4) is 0 Å². The van der Waals surface area contributed by atoms with E-state index in [0.717, 1.165) is 9.80 Å². The van der Waals surface area contributed by atoms with Crippen LogP contribution < -0.4 is 9.80 Å². The number of anilines is 2. The number of imide groups is 1. The first-order valence-corrected chi connectivity index (χ1v) is 10.7. The third kappa shape index (κ3) is 4.51. The van der Waals surface area contributed by atoms with Crippen LogP contribution in [0.1, 0.15) is 31.1 Å². The molecule has 9 heteroatoms. The molecule has 1 aliphatic heterocycles. The lowest BCUT2D eigenvalue weighted by atomic mass is 10.1. The molecule has 0 bridgehead atoms. The maximum absolute atomic E-state index is 13.3. The lowest BCUT2D eigenvalue weighted by Gasteiger charge is -2.26. The molecular formula is C26H21N3O6. The first-order valence-electron chi connectivity index (χ1n) is 10.7. The number of amides is 4. The fourth-order valence-corrected chi connectivity index (χ4v) is 3.89.